The molecule has 1 aliphatic rings. The highest BCUT2D eigenvalue weighted by Gasteiger charge is 2.64. The van der Waals surface area contributed by atoms with Gasteiger partial charge >= 0.3 is 25.2 Å². The van der Waals surface area contributed by atoms with Gasteiger partial charge in [-0.15, -0.1) is 0 Å². The minimum Gasteiger partial charge on any atom is -0.460 e. The molecule has 0 bridgehead atoms. The van der Waals surface area contributed by atoms with Crippen molar-refractivity contribution in [1.29, 1.82) is 0 Å². The molecule has 1 saturated heterocycles. The van der Waals surface area contributed by atoms with Crippen LogP contribution in [0.25, 0.3) is 0 Å². The summed E-state index contributed by atoms with van der Waals surface area (Å²) in [6, 6.07) is 7.69. The van der Waals surface area contributed by atoms with Crippen LogP contribution in [-0.4, -0.2) is 76.1 Å². The first-order valence-electron chi connectivity index (χ1n) is 15.0. The lowest BCUT2D eigenvalue weighted by Gasteiger charge is -2.55. The predicted molar refractivity (Wildman–Crippen MR) is 188 cm³/mol. The van der Waals surface area contributed by atoms with Crippen molar-refractivity contribution >= 4 is 76.1 Å². The molecule has 1 fully saturated rings. The van der Waals surface area contributed by atoms with E-state index in [0.717, 1.165) is 36.3 Å². The second-order valence-electron chi connectivity index (χ2n) is 14.8. The van der Waals surface area contributed by atoms with E-state index in [9.17, 15) is 0 Å². The van der Waals surface area contributed by atoms with Gasteiger partial charge in [-0.2, -0.15) is 0 Å². The zero-order valence-corrected chi connectivity index (χ0v) is 37.5. The summed E-state index contributed by atoms with van der Waals surface area (Å²) in [4.78, 5) is 0. The van der Waals surface area contributed by atoms with Crippen molar-refractivity contribution in [3.63, 3.8) is 0 Å². The fourth-order valence-corrected chi connectivity index (χ4v) is 57.6. The average molecular weight is 690 g/mol. The Hall–Kier alpha value is 1.71. The molecule has 1 heterocycles. The maximum Gasteiger partial charge on any atom is 0.327 e. The molecule has 0 aromatic carbocycles. The summed E-state index contributed by atoms with van der Waals surface area (Å²) in [5.41, 5.74) is 0. The average Bonchev–Trinajstić information content (AvgIpc) is 2.73. The normalized spacial score (nSPS) is 28.4. The number of hydrogen-bond donors (Lipinski definition) is 0. The Balaban J connectivity index is 3.24. The molecule has 0 aromatic heterocycles. The molecule has 15 heteroatoms. The van der Waals surface area contributed by atoms with Crippen LogP contribution in [0.2, 0.25) is 127 Å². The van der Waals surface area contributed by atoms with Crippen molar-refractivity contribution in [2.24, 2.45) is 0 Å². The van der Waals surface area contributed by atoms with Gasteiger partial charge in [-0.3, -0.25) is 0 Å². The predicted octanol–water partition coefficient (Wildman–Crippen LogP) is 7.98. The minimum atomic E-state index is -2.60. The van der Waals surface area contributed by atoms with Gasteiger partial charge in [-0.25, -0.2) is 0 Å². The molecule has 0 radical (unpaired) electrons. The van der Waals surface area contributed by atoms with Gasteiger partial charge in [0.15, 0.2) is 33.3 Å². The van der Waals surface area contributed by atoms with Crippen LogP contribution in [0.4, 0.5) is 0 Å². The summed E-state index contributed by atoms with van der Waals surface area (Å²) in [5.74, 6) is 0. The molecule has 6 nitrogen and oxygen atoms in total. The first-order valence-corrected chi connectivity index (χ1v) is 40.3. The topological polar surface area (TPSA) is 55.4 Å². The van der Waals surface area contributed by atoms with E-state index >= 15 is 0 Å². The van der Waals surface area contributed by atoms with Crippen LogP contribution in [0.1, 0.15) is 20.8 Å². The summed E-state index contributed by atoms with van der Waals surface area (Å²) >= 11 is 0. The van der Waals surface area contributed by atoms with E-state index in [2.05, 4.69) is 106 Å². The van der Waals surface area contributed by atoms with Gasteiger partial charge in [0.25, 0.3) is 0 Å². The molecule has 3 atom stereocenters. The van der Waals surface area contributed by atoms with E-state index in [1.165, 1.54) is 6.04 Å². The van der Waals surface area contributed by atoms with E-state index in [0.29, 0.717) is 0 Å². The van der Waals surface area contributed by atoms with Crippen LogP contribution in [0, 0.1) is 0 Å². The van der Waals surface area contributed by atoms with Gasteiger partial charge in [0.2, 0.25) is 7.83 Å². The van der Waals surface area contributed by atoms with Crippen molar-refractivity contribution in [3.8, 4) is 0 Å². The van der Waals surface area contributed by atoms with Crippen molar-refractivity contribution < 1.29 is 24.7 Å². The Bertz CT molecular complexity index is 770. The van der Waals surface area contributed by atoms with Crippen LogP contribution >= 0.6 is 0 Å². The summed E-state index contributed by atoms with van der Waals surface area (Å²) in [5, 5.41) is 0. The third-order valence-corrected chi connectivity index (χ3v) is 53.4. The fraction of sp³-hybridized carbons (Fsp3) is 1.00. The molecule has 228 valence electrons. The zero-order chi connectivity index (χ0) is 29.9. The van der Waals surface area contributed by atoms with Gasteiger partial charge in [0.05, 0.1) is 0 Å². The van der Waals surface area contributed by atoms with Crippen molar-refractivity contribution in [1.82, 2.24) is 0 Å². The zero-order valence-electron chi connectivity index (χ0n) is 28.1. The van der Waals surface area contributed by atoms with E-state index < -0.39 is 76.1 Å². The Morgan fingerprint density at radius 1 is 0.579 bits per heavy atom. The fourth-order valence-electron chi connectivity index (χ4n) is 4.89. The van der Waals surface area contributed by atoms with Gasteiger partial charge < -0.3 is 24.7 Å². The molecule has 1 rings (SSSR count). The Labute approximate surface area is 247 Å². The van der Waals surface area contributed by atoms with Crippen LogP contribution in [0.15, 0.2) is 0 Å². The largest absolute Gasteiger partial charge is 0.460 e. The van der Waals surface area contributed by atoms with Crippen molar-refractivity contribution in [3.05, 3.63) is 0 Å². The minimum absolute atomic E-state index is 0.575. The van der Waals surface area contributed by atoms with E-state index in [1.54, 1.807) is 0 Å². The highest BCUT2D eigenvalue weighted by atomic mass is 29.3. The SMILES string of the molecule is CC[Si](C)(C)O[SiH2]CC[Si]1(C)O[Si](C)(CC[Si](C)(C)O[Si](C)(C)CC)O[Si](C)([Si](C)(C)O[Si](C)(C)CC)O1. The highest BCUT2D eigenvalue weighted by Crippen LogP contribution is 2.42. The summed E-state index contributed by atoms with van der Waals surface area (Å²) in [6.45, 7) is 37.4. The smallest absolute Gasteiger partial charge is 0.327 e. The van der Waals surface area contributed by atoms with Crippen LogP contribution < -0.4 is 0 Å². The van der Waals surface area contributed by atoms with E-state index in [-0.39, 0.29) is 0 Å². The van der Waals surface area contributed by atoms with Gasteiger partial charge in [0, 0.05) is 0 Å². The third kappa shape index (κ3) is 11.8. The number of hydrogen-bond acceptors (Lipinski definition) is 6. The Morgan fingerprint density at radius 2 is 1.03 bits per heavy atom. The molecule has 0 N–H and O–H groups in total. The van der Waals surface area contributed by atoms with Gasteiger partial charge in [-0.05, 0) is 127 Å². The van der Waals surface area contributed by atoms with Crippen molar-refractivity contribution in [2.45, 2.75) is 148 Å². The second-order valence-corrected chi connectivity index (χ2v) is 54.6. The molecule has 0 amide bonds. The lowest BCUT2D eigenvalue weighted by molar-refractivity contribution is 0.231. The lowest BCUT2D eigenvalue weighted by atomic mass is 10.9. The first-order chi connectivity index (χ1) is 16.9. The highest BCUT2D eigenvalue weighted by molar-refractivity contribution is 7.37. The Morgan fingerprint density at radius 3 is 1.50 bits per heavy atom. The molecule has 0 aromatic rings. The molecule has 38 heavy (non-hydrogen) atoms. The molecule has 0 aliphatic carbocycles. The monoisotopic (exact) mass is 688 g/mol. The van der Waals surface area contributed by atoms with E-state index in [1.807, 2.05) is 0 Å². The quantitative estimate of drug-likeness (QED) is 0.121. The van der Waals surface area contributed by atoms with Crippen LogP contribution in [0.3, 0.4) is 0 Å². The molecule has 3 unspecified atom stereocenters. The van der Waals surface area contributed by atoms with E-state index in [4.69, 9.17) is 24.7 Å². The third-order valence-electron chi connectivity index (χ3n) is 8.43. The van der Waals surface area contributed by atoms with Crippen LogP contribution in [0.5, 0.6) is 0 Å². The Kier molecular flexibility index (Phi) is 13.5. The first kappa shape index (κ1) is 37.7. The van der Waals surface area contributed by atoms with Gasteiger partial charge in [0.1, 0.15) is 9.76 Å². The molecule has 0 spiro atoms. The van der Waals surface area contributed by atoms with Crippen LogP contribution in [-0.2, 0) is 24.7 Å². The molecule has 0 saturated carbocycles. The molecule has 1 aliphatic heterocycles. The lowest BCUT2D eigenvalue weighted by Crippen LogP contribution is -2.77. The summed E-state index contributed by atoms with van der Waals surface area (Å²) in [6.07, 6.45) is 0. The summed E-state index contributed by atoms with van der Waals surface area (Å²) in [7, 11) is -17.0. The number of rotatable bonds is 16. The second kappa shape index (κ2) is 13.6. The standard InChI is InChI=1S/C23H64O6Si9/c1-17-31(4,5)24-30-20-21-36(14)27-37(15,23-22-34(10,11)25-32(6,7)18-2)29-38(16,28-36)35(12,13)26-33(8,9)19-3/h17-23,30H2,1-16H3. The maximum atomic E-state index is 7.23. The van der Waals surface area contributed by atoms with Crippen molar-refractivity contribution in [2.75, 3.05) is 0 Å². The summed E-state index contributed by atoms with van der Waals surface area (Å²) < 4.78 is 41.9. The van der Waals surface area contributed by atoms with Gasteiger partial charge in [-0.1, -0.05) is 20.8 Å². The maximum absolute atomic E-state index is 7.23. The molecular formula is C23H64O6Si9. The molecular weight excluding hydrogens is 625 g/mol.